The first-order valence-corrected chi connectivity index (χ1v) is 9.06. The fourth-order valence-corrected chi connectivity index (χ4v) is 3.47. The van der Waals surface area contributed by atoms with Crippen molar-refractivity contribution in [2.45, 2.75) is 39.3 Å². The van der Waals surface area contributed by atoms with Gasteiger partial charge >= 0.3 is 0 Å². The molecule has 3 rings (SSSR count). The molecule has 0 radical (unpaired) electrons. The number of nitrogens with one attached hydrogen (secondary N) is 1. The van der Waals surface area contributed by atoms with Crippen LogP contribution >= 0.6 is 0 Å². The second-order valence-electron chi connectivity index (χ2n) is 7.54. The van der Waals surface area contributed by atoms with Crippen LogP contribution in [0.1, 0.15) is 38.8 Å². The topological polar surface area (TPSA) is 76.8 Å². The summed E-state index contributed by atoms with van der Waals surface area (Å²) in [4.78, 5) is 14.9. The van der Waals surface area contributed by atoms with Crippen LogP contribution in [0.5, 0.6) is 11.5 Å². The van der Waals surface area contributed by atoms with E-state index in [-0.39, 0.29) is 23.4 Å². The molecule has 138 valence electrons. The van der Waals surface area contributed by atoms with E-state index in [2.05, 4.69) is 17.1 Å². The summed E-state index contributed by atoms with van der Waals surface area (Å²) in [5.41, 5.74) is 7.00. The molecule has 2 heterocycles. The predicted molar refractivity (Wildman–Crippen MR) is 96.8 cm³/mol. The number of nitrogens with zero attached hydrogens (tertiary/aromatic N) is 1. The lowest BCUT2D eigenvalue weighted by Crippen LogP contribution is -2.45. The Morgan fingerprint density at radius 3 is 2.72 bits per heavy atom. The highest BCUT2D eigenvalue weighted by Crippen LogP contribution is 2.33. The SMILES string of the molecule is CC(NC(=O)C(C)N1CCC(C)(CN)C1)c1ccc2c(c1)OCCO2. The fourth-order valence-electron chi connectivity index (χ4n) is 3.47. The van der Waals surface area contributed by atoms with Crippen molar-refractivity contribution in [3.8, 4) is 11.5 Å². The number of hydrogen-bond donors (Lipinski definition) is 2. The third-order valence-corrected chi connectivity index (χ3v) is 5.43. The average molecular weight is 347 g/mol. The minimum Gasteiger partial charge on any atom is -0.486 e. The predicted octanol–water partition coefficient (Wildman–Crippen LogP) is 1.69. The van der Waals surface area contributed by atoms with Crippen LogP contribution in [0.4, 0.5) is 0 Å². The maximum Gasteiger partial charge on any atom is 0.237 e. The third-order valence-electron chi connectivity index (χ3n) is 5.43. The Balaban J connectivity index is 1.60. The van der Waals surface area contributed by atoms with Gasteiger partial charge in [0.15, 0.2) is 11.5 Å². The zero-order valence-electron chi connectivity index (χ0n) is 15.4. The highest BCUT2D eigenvalue weighted by atomic mass is 16.6. The average Bonchev–Trinajstić information content (AvgIpc) is 3.03. The molecule has 0 saturated carbocycles. The van der Waals surface area contributed by atoms with Crippen LogP contribution in [0.3, 0.4) is 0 Å². The zero-order valence-corrected chi connectivity index (χ0v) is 15.4. The lowest BCUT2D eigenvalue weighted by molar-refractivity contribution is -0.126. The molecule has 1 aromatic rings. The van der Waals surface area contributed by atoms with Crippen molar-refractivity contribution in [3.05, 3.63) is 23.8 Å². The van der Waals surface area contributed by atoms with E-state index in [4.69, 9.17) is 15.2 Å². The number of carbonyl (C=O) groups excluding carboxylic acids is 1. The van der Waals surface area contributed by atoms with Gasteiger partial charge in [0, 0.05) is 6.54 Å². The molecule has 1 saturated heterocycles. The van der Waals surface area contributed by atoms with Crippen molar-refractivity contribution in [1.29, 1.82) is 0 Å². The summed E-state index contributed by atoms with van der Waals surface area (Å²) in [6.07, 6.45) is 1.04. The molecule has 3 unspecified atom stereocenters. The molecule has 1 aromatic carbocycles. The van der Waals surface area contributed by atoms with Crippen LogP contribution in [0.25, 0.3) is 0 Å². The number of nitrogens with two attached hydrogens (primary N) is 1. The van der Waals surface area contributed by atoms with Gasteiger partial charge in [0.25, 0.3) is 0 Å². The molecular weight excluding hydrogens is 318 g/mol. The molecule has 2 aliphatic rings. The summed E-state index contributed by atoms with van der Waals surface area (Å²) in [6, 6.07) is 5.58. The minimum atomic E-state index is -0.159. The fraction of sp³-hybridized carbons (Fsp3) is 0.632. The first kappa shape index (κ1) is 18.0. The van der Waals surface area contributed by atoms with E-state index in [1.807, 2.05) is 32.0 Å². The van der Waals surface area contributed by atoms with E-state index >= 15 is 0 Å². The van der Waals surface area contributed by atoms with Crippen LogP contribution < -0.4 is 20.5 Å². The second kappa shape index (κ2) is 7.22. The largest absolute Gasteiger partial charge is 0.486 e. The number of hydrogen-bond acceptors (Lipinski definition) is 5. The third kappa shape index (κ3) is 3.90. The van der Waals surface area contributed by atoms with Crippen LogP contribution in [0.15, 0.2) is 18.2 Å². The van der Waals surface area contributed by atoms with Crippen molar-refractivity contribution >= 4 is 5.91 Å². The Morgan fingerprint density at radius 2 is 2.04 bits per heavy atom. The molecule has 6 nitrogen and oxygen atoms in total. The van der Waals surface area contributed by atoms with E-state index < -0.39 is 0 Å². The van der Waals surface area contributed by atoms with Crippen molar-refractivity contribution in [2.75, 3.05) is 32.8 Å². The number of benzene rings is 1. The van der Waals surface area contributed by atoms with Crippen LogP contribution in [-0.4, -0.2) is 49.7 Å². The van der Waals surface area contributed by atoms with Gasteiger partial charge in [-0.3, -0.25) is 9.69 Å². The Hall–Kier alpha value is -1.79. The quantitative estimate of drug-likeness (QED) is 0.848. The molecule has 1 amide bonds. The van der Waals surface area contributed by atoms with E-state index in [9.17, 15) is 4.79 Å². The van der Waals surface area contributed by atoms with Gasteiger partial charge in [-0.15, -0.1) is 0 Å². The maximum atomic E-state index is 12.7. The standard InChI is InChI=1S/C19H29N3O3/c1-13(15-4-5-16-17(10-15)25-9-8-24-16)21-18(23)14(2)22-7-6-19(3,11-20)12-22/h4-5,10,13-14H,6-9,11-12,20H2,1-3H3,(H,21,23). The molecular formula is C19H29N3O3. The first-order chi connectivity index (χ1) is 11.9. The Bertz CT molecular complexity index is 636. The molecule has 2 aliphatic heterocycles. The lowest BCUT2D eigenvalue weighted by atomic mass is 9.90. The van der Waals surface area contributed by atoms with Gasteiger partial charge < -0.3 is 20.5 Å². The van der Waals surface area contributed by atoms with Gasteiger partial charge in [-0.1, -0.05) is 13.0 Å². The van der Waals surface area contributed by atoms with E-state index in [1.54, 1.807) is 0 Å². The lowest BCUT2D eigenvalue weighted by Gasteiger charge is -2.28. The Kier molecular flexibility index (Phi) is 5.20. The molecule has 0 bridgehead atoms. The zero-order chi connectivity index (χ0) is 18.0. The molecule has 0 spiro atoms. The number of ether oxygens (including phenoxy) is 2. The van der Waals surface area contributed by atoms with Gasteiger partial charge in [0.05, 0.1) is 12.1 Å². The summed E-state index contributed by atoms with van der Waals surface area (Å²) in [6.45, 7) is 9.73. The van der Waals surface area contributed by atoms with E-state index in [1.165, 1.54) is 0 Å². The maximum absolute atomic E-state index is 12.7. The Labute approximate surface area is 149 Å². The molecule has 3 atom stereocenters. The molecule has 3 N–H and O–H groups in total. The second-order valence-corrected chi connectivity index (χ2v) is 7.54. The summed E-state index contributed by atoms with van der Waals surface area (Å²) in [7, 11) is 0. The van der Waals surface area contributed by atoms with Crippen LogP contribution in [0.2, 0.25) is 0 Å². The van der Waals surface area contributed by atoms with E-state index in [0.717, 1.165) is 36.6 Å². The summed E-state index contributed by atoms with van der Waals surface area (Å²) >= 11 is 0. The number of carbonyl (C=O) groups is 1. The highest BCUT2D eigenvalue weighted by molar-refractivity contribution is 5.81. The van der Waals surface area contributed by atoms with Crippen molar-refractivity contribution in [2.24, 2.45) is 11.1 Å². The van der Waals surface area contributed by atoms with Crippen molar-refractivity contribution < 1.29 is 14.3 Å². The van der Waals surface area contributed by atoms with Crippen molar-refractivity contribution in [3.63, 3.8) is 0 Å². The van der Waals surface area contributed by atoms with Gasteiger partial charge in [0.2, 0.25) is 5.91 Å². The Morgan fingerprint density at radius 1 is 1.32 bits per heavy atom. The number of likely N-dealkylation sites (tertiary alicyclic amines) is 1. The first-order valence-electron chi connectivity index (χ1n) is 9.06. The summed E-state index contributed by atoms with van der Waals surface area (Å²) < 4.78 is 11.2. The molecule has 6 heteroatoms. The number of rotatable bonds is 5. The van der Waals surface area contributed by atoms with Crippen LogP contribution in [-0.2, 0) is 4.79 Å². The normalized spacial score (nSPS) is 25.4. The van der Waals surface area contributed by atoms with Gasteiger partial charge in [-0.05, 0) is 56.5 Å². The van der Waals surface area contributed by atoms with Gasteiger partial charge in [-0.25, -0.2) is 0 Å². The summed E-state index contributed by atoms with van der Waals surface area (Å²) in [5.74, 6) is 1.56. The molecule has 25 heavy (non-hydrogen) atoms. The monoisotopic (exact) mass is 347 g/mol. The molecule has 0 aliphatic carbocycles. The molecule has 1 fully saturated rings. The molecule has 0 aromatic heterocycles. The minimum absolute atomic E-state index is 0.0451. The van der Waals surface area contributed by atoms with Crippen molar-refractivity contribution in [1.82, 2.24) is 10.2 Å². The summed E-state index contributed by atoms with van der Waals surface area (Å²) in [5, 5.41) is 3.12. The van der Waals surface area contributed by atoms with Gasteiger partial charge in [0.1, 0.15) is 13.2 Å². The smallest absolute Gasteiger partial charge is 0.237 e. The number of fused-ring (bicyclic) bond motifs is 1. The van der Waals surface area contributed by atoms with Gasteiger partial charge in [-0.2, -0.15) is 0 Å². The van der Waals surface area contributed by atoms with Crippen LogP contribution in [0, 0.1) is 5.41 Å². The highest BCUT2D eigenvalue weighted by Gasteiger charge is 2.36. The van der Waals surface area contributed by atoms with E-state index in [0.29, 0.717) is 19.8 Å². The number of amides is 1.